The minimum Gasteiger partial charge on any atom is -0.314 e. The van der Waals surface area contributed by atoms with Crippen LogP contribution in [-0.4, -0.2) is 0 Å². The van der Waals surface area contributed by atoms with E-state index in [1.807, 2.05) is 6.07 Å². The smallest absolute Gasteiger partial charge is 0.0863 e. The lowest BCUT2D eigenvalue weighted by atomic mass is 9.70. The molecule has 3 aliphatic carbocycles. The van der Waals surface area contributed by atoms with Crippen molar-refractivity contribution in [2.24, 2.45) is 5.73 Å². The average Bonchev–Trinajstić information content (AvgIpc) is 3.65. The minimum atomic E-state index is -0.489. The molecule has 0 saturated heterocycles. The molecule has 2 N–H and O–H groups in total. The minimum absolute atomic E-state index is 0.337. The highest BCUT2D eigenvalue weighted by atomic mass is 14.8. The molecule has 47 heavy (non-hydrogen) atoms. The van der Waals surface area contributed by atoms with Crippen molar-refractivity contribution in [3.05, 3.63) is 209 Å². The van der Waals surface area contributed by atoms with Crippen LogP contribution in [0.25, 0.3) is 50.1 Å². The summed E-state index contributed by atoms with van der Waals surface area (Å²) in [6, 6.07) is 62.2. The summed E-state index contributed by atoms with van der Waals surface area (Å²) in [5, 5.41) is 0. The third kappa shape index (κ3) is 3.63. The van der Waals surface area contributed by atoms with E-state index >= 15 is 0 Å². The molecule has 1 nitrogen and oxygen atoms in total. The summed E-state index contributed by atoms with van der Waals surface area (Å²) in [5.41, 5.74) is 25.1. The highest BCUT2D eigenvalue weighted by molar-refractivity contribution is 5.96. The first-order valence-electron chi connectivity index (χ1n) is 16.4. The highest BCUT2D eigenvalue weighted by Gasteiger charge is 2.51. The van der Waals surface area contributed by atoms with Gasteiger partial charge in [-0.05, 0) is 102 Å². The zero-order chi connectivity index (χ0) is 31.2. The van der Waals surface area contributed by atoms with Gasteiger partial charge in [0.15, 0.2) is 0 Å². The zero-order valence-corrected chi connectivity index (χ0v) is 25.8. The van der Waals surface area contributed by atoms with Gasteiger partial charge in [0.1, 0.15) is 0 Å². The molecule has 0 amide bonds. The van der Waals surface area contributed by atoms with Crippen LogP contribution in [0.1, 0.15) is 33.4 Å². The van der Waals surface area contributed by atoms with Crippen LogP contribution >= 0.6 is 0 Å². The van der Waals surface area contributed by atoms with Crippen molar-refractivity contribution in [3.8, 4) is 44.5 Å². The Hall–Kier alpha value is -5.76. The summed E-state index contributed by atoms with van der Waals surface area (Å²) in [6.07, 6.45) is 2.16. The van der Waals surface area contributed by atoms with E-state index in [1.54, 1.807) is 0 Å². The molecule has 10 rings (SSSR count). The summed E-state index contributed by atoms with van der Waals surface area (Å²) in [6.45, 7) is 0. The number of nitrogens with two attached hydrogens (primary N) is 1. The molecule has 0 aliphatic heterocycles. The zero-order valence-electron chi connectivity index (χ0n) is 25.8. The summed E-state index contributed by atoms with van der Waals surface area (Å²) >= 11 is 0. The molecule has 1 unspecified atom stereocenters. The monoisotopic (exact) mass is 597 g/mol. The molecule has 0 radical (unpaired) electrons. The summed E-state index contributed by atoms with van der Waals surface area (Å²) < 4.78 is 0. The van der Waals surface area contributed by atoms with Crippen LogP contribution in [0, 0.1) is 0 Å². The Morgan fingerprint density at radius 1 is 0.340 bits per heavy atom. The molecular formula is C46H31N. The van der Waals surface area contributed by atoms with Gasteiger partial charge in [-0.3, -0.25) is 0 Å². The van der Waals surface area contributed by atoms with Crippen LogP contribution in [0.2, 0.25) is 0 Å². The largest absolute Gasteiger partial charge is 0.314 e. The van der Waals surface area contributed by atoms with E-state index in [2.05, 4.69) is 170 Å². The molecule has 1 atom stereocenters. The van der Waals surface area contributed by atoms with E-state index < -0.39 is 5.54 Å². The first-order chi connectivity index (χ1) is 23.2. The van der Waals surface area contributed by atoms with E-state index in [0.717, 1.165) is 5.56 Å². The molecule has 0 heterocycles. The van der Waals surface area contributed by atoms with Crippen molar-refractivity contribution < 1.29 is 0 Å². The van der Waals surface area contributed by atoms with Crippen molar-refractivity contribution in [2.45, 2.75) is 11.0 Å². The molecule has 0 bridgehead atoms. The third-order valence-corrected chi connectivity index (χ3v) is 10.7. The third-order valence-electron chi connectivity index (χ3n) is 10.7. The van der Waals surface area contributed by atoms with E-state index in [9.17, 15) is 0 Å². The fraction of sp³-hybridized carbons (Fsp3) is 0.0435. The van der Waals surface area contributed by atoms with Gasteiger partial charge in [-0.2, -0.15) is 0 Å². The van der Waals surface area contributed by atoms with E-state index in [0.29, 0.717) is 0 Å². The van der Waals surface area contributed by atoms with Gasteiger partial charge in [-0.25, -0.2) is 0 Å². The maximum Gasteiger partial charge on any atom is 0.0863 e. The predicted molar refractivity (Wildman–Crippen MR) is 194 cm³/mol. The van der Waals surface area contributed by atoms with E-state index in [1.165, 1.54) is 77.9 Å². The maximum absolute atomic E-state index is 6.83. The molecule has 7 aromatic rings. The molecule has 1 spiro atoms. The van der Waals surface area contributed by atoms with Crippen molar-refractivity contribution in [3.63, 3.8) is 0 Å². The number of fused-ring (bicyclic) bond motifs is 10. The van der Waals surface area contributed by atoms with Crippen molar-refractivity contribution >= 4 is 5.57 Å². The van der Waals surface area contributed by atoms with Crippen LogP contribution < -0.4 is 5.73 Å². The second kappa shape index (κ2) is 9.62. The van der Waals surface area contributed by atoms with Gasteiger partial charge < -0.3 is 5.73 Å². The number of benzene rings is 7. The first-order valence-corrected chi connectivity index (χ1v) is 16.4. The summed E-state index contributed by atoms with van der Waals surface area (Å²) in [5.74, 6) is 0. The Labute approximate surface area is 275 Å². The van der Waals surface area contributed by atoms with Gasteiger partial charge in [0, 0.05) is 0 Å². The van der Waals surface area contributed by atoms with E-state index in [-0.39, 0.29) is 5.41 Å². The standard InChI is InChI=1S/C46H31N/c47-45(29-44(45)31-11-2-1-3-12-31)35-24-21-30(22-25-35)32-13-10-14-33(27-32)34-23-26-39-38-17-6-9-20-42(38)46(43(39)28-34)40-18-7-4-15-36(40)37-16-5-8-19-41(37)46/h1-29H,47H2. The molecule has 0 saturated carbocycles. The van der Waals surface area contributed by atoms with Crippen molar-refractivity contribution in [1.82, 2.24) is 0 Å². The quantitative estimate of drug-likeness (QED) is 0.215. The number of hydrogen-bond donors (Lipinski definition) is 1. The highest BCUT2D eigenvalue weighted by Crippen LogP contribution is 2.63. The molecule has 220 valence electrons. The Bertz CT molecular complexity index is 2350. The van der Waals surface area contributed by atoms with Crippen molar-refractivity contribution in [2.75, 3.05) is 0 Å². The molecule has 3 aliphatic rings. The fourth-order valence-corrected chi connectivity index (χ4v) is 8.46. The molecular weight excluding hydrogens is 567 g/mol. The van der Waals surface area contributed by atoms with Crippen LogP contribution in [0.3, 0.4) is 0 Å². The Morgan fingerprint density at radius 3 is 1.43 bits per heavy atom. The van der Waals surface area contributed by atoms with Gasteiger partial charge in [-0.15, -0.1) is 0 Å². The van der Waals surface area contributed by atoms with E-state index in [4.69, 9.17) is 5.73 Å². The average molecular weight is 598 g/mol. The Morgan fingerprint density at radius 2 is 0.809 bits per heavy atom. The lowest BCUT2D eigenvalue weighted by molar-refractivity contribution is 0.794. The Kier molecular flexibility index (Phi) is 5.42. The van der Waals surface area contributed by atoms with Crippen LogP contribution in [0.4, 0.5) is 0 Å². The molecule has 7 aromatic carbocycles. The number of hydrogen-bond acceptors (Lipinski definition) is 1. The lowest BCUT2D eigenvalue weighted by Crippen LogP contribution is -2.25. The molecule has 0 aromatic heterocycles. The topological polar surface area (TPSA) is 26.0 Å². The molecule has 0 fully saturated rings. The van der Waals surface area contributed by atoms with Gasteiger partial charge in [-0.1, -0.05) is 158 Å². The lowest BCUT2D eigenvalue weighted by Gasteiger charge is -2.30. The normalized spacial score (nSPS) is 17.4. The van der Waals surface area contributed by atoms with Gasteiger partial charge >= 0.3 is 0 Å². The second-order valence-electron chi connectivity index (χ2n) is 13.1. The Balaban J connectivity index is 1.06. The van der Waals surface area contributed by atoms with Gasteiger partial charge in [0.05, 0.1) is 11.0 Å². The van der Waals surface area contributed by atoms with Gasteiger partial charge in [0.25, 0.3) is 0 Å². The van der Waals surface area contributed by atoms with Crippen LogP contribution in [-0.2, 0) is 11.0 Å². The van der Waals surface area contributed by atoms with Crippen molar-refractivity contribution in [1.29, 1.82) is 0 Å². The molecule has 1 heteroatoms. The maximum atomic E-state index is 6.83. The van der Waals surface area contributed by atoms with Gasteiger partial charge in [0.2, 0.25) is 0 Å². The predicted octanol–water partition coefficient (Wildman–Crippen LogP) is 10.6. The van der Waals surface area contributed by atoms with Crippen LogP contribution in [0.5, 0.6) is 0 Å². The van der Waals surface area contributed by atoms with Crippen LogP contribution in [0.15, 0.2) is 176 Å². The fourth-order valence-electron chi connectivity index (χ4n) is 8.46. The summed E-state index contributed by atoms with van der Waals surface area (Å²) in [7, 11) is 0. The SMILES string of the molecule is NC1(c2ccc(-c3cccc(-c4ccc5c(c4)C4(c6ccccc6-c6ccccc64)c4ccccc4-5)c3)cc2)C=C1c1ccccc1. The summed E-state index contributed by atoms with van der Waals surface area (Å²) in [4.78, 5) is 0. The number of rotatable bonds is 4. The second-order valence-corrected chi connectivity index (χ2v) is 13.1. The first kappa shape index (κ1) is 26.5.